The number of aryl methyl sites for hydroxylation is 2. The number of nitrogens with one attached hydrogen (secondary N) is 1. The largest absolute Gasteiger partial charge is 0.354 e. The van der Waals surface area contributed by atoms with Gasteiger partial charge in [0.1, 0.15) is 0 Å². The molecule has 3 N–H and O–H groups in total. The Bertz CT molecular complexity index is 854. The lowest BCUT2D eigenvalue weighted by molar-refractivity contribution is -0.137. The van der Waals surface area contributed by atoms with E-state index in [1.807, 2.05) is 27.0 Å². The molecular weight excluding hydrogens is 448 g/mol. The van der Waals surface area contributed by atoms with E-state index in [4.69, 9.17) is 5.73 Å². The minimum Gasteiger partial charge on any atom is -0.354 e. The summed E-state index contributed by atoms with van der Waals surface area (Å²) >= 11 is 0. The zero-order chi connectivity index (χ0) is 26.4. The first-order valence-corrected chi connectivity index (χ1v) is 12.5. The first kappa shape index (κ1) is 30.2. The van der Waals surface area contributed by atoms with E-state index in [1.165, 1.54) is 18.6 Å². The molecule has 0 fully saturated rings. The first-order chi connectivity index (χ1) is 16.5. The summed E-state index contributed by atoms with van der Waals surface area (Å²) in [6, 6.07) is -0.430. The molecule has 0 saturated heterocycles. The van der Waals surface area contributed by atoms with E-state index in [2.05, 4.69) is 29.5 Å². The molecule has 1 atom stereocenters. The molecule has 0 saturated carbocycles. The highest BCUT2D eigenvalue weighted by atomic mass is 16.2. The maximum atomic E-state index is 12.1. The molecule has 1 aliphatic heterocycles. The maximum absolute atomic E-state index is 12.1. The number of imide groups is 1. The second-order valence-electron chi connectivity index (χ2n) is 9.76. The van der Waals surface area contributed by atoms with Crippen LogP contribution in [0, 0.1) is 5.41 Å². The van der Waals surface area contributed by atoms with Crippen LogP contribution in [0.3, 0.4) is 0 Å². The SMILES string of the molecule is CC(C)(C)C(=O)C(N)CCCCn1cc(CCCC(=O)NCCN2C(=O)C=CC2=O)nn1.CCC. The van der Waals surface area contributed by atoms with Crippen LogP contribution in [0.25, 0.3) is 0 Å². The van der Waals surface area contributed by atoms with E-state index in [1.54, 1.807) is 4.68 Å². The summed E-state index contributed by atoms with van der Waals surface area (Å²) in [6.45, 7) is 11.0. The average Bonchev–Trinajstić information content (AvgIpc) is 3.37. The number of nitrogens with two attached hydrogens (primary N) is 1. The topological polar surface area (TPSA) is 140 Å². The Balaban J connectivity index is 0.00000194. The van der Waals surface area contributed by atoms with Gasteiger partial charge in [-0.3, -0.25) is 28.8 Å². The summed E-state index contributed by atoms with van der Waals surface area (Å²) < 4.78 is 1.77. The van der Waals surface area contributed by atoms with Gasteiger partial charge in [-0.05, 0) is 32.1 Å². The molecule has 0 radical (unpaired) electrons. The average molecular weight is 491 g/mol. The van der Waals surface area contributed by atoms with Gasteiger partial charge in [0, 0.05) is 49.8 Å². The van der Waals surface area contributed by atoms with E-state index >= 15 is 0 Å². The Labute approximate surface area is 208 Å². The predicted octanol–water partition coefficient (Wildman–Crippen LogP) is 2.17. The minimum absolute atomic E-state index is 0.0830. The number of hydrogen-bond acceptors (Lipinski definition) is 7. The van der Waals surface area contributed by atoms with E-state index < -0.39 is 11.5 Å². The Kier molecular flexibility index (Phi) is 13.1. The minimum atomic E-state index is -0.430. The number of carbonyl (C=O) groups is 4. The number of ketones is 1. The van der Waals surface area contributed by atoms with E-state index in [0.717, 1.165) is 23.4 Å². The lowest BCUT2D eigenvalue weighted by Gasteiger charge is -2.21. The van der Waals surface area contributed by atoms with Gasteiger partial charge in [-0.25, -0.2) is 0 Å². The molecule has 1 aliphatic rings. The van der Waals surface area contributed by atoms with Gasteiger partial charge in [-0.1, -0.05) is 46.3 Å². The van der Waals surface area contributed by atoms with Gasteiger partial charge >= 0.3 is 0 Å². The van der Waals surface area contributed by atoms with Gasteiger partial charge in [-0.15, -0.1) is 5.10 Å². The summed E-state index contributed by atoms with van der Waals surface area (Å²) in [5.74, 6) is -0.757. The fourth-order valence-corrected chi connectivity index (χ4v) is 3.36. The van der Waals surface area contributed by atoms with Crippen molar-refractivity contribution in [1.29, 1.82) is 0 Å². The number of Topliss-reactive ketones (excluding diaryl/α,β-unsaturated/α-hetero) is 1. The van der Waals surface area contributed by atoms with Crippen LogP contribution in [-0.4, -0.2) is 62.5 Å². The van der Waals surface area contributed by atoms with Crippen LogP contribution in [0.4, 0.5) is 0 Å². The van der Waals surface area contributed by atoms with E-state index in [0.29, 0.717) is 32.2 Å². The first-order valence-electron chi connectivity index (χ1n) is 12.5. The second-order valence-corrected chi connectivity index (χ2v) is 9.76. The molecule has 0 aromatic carbocycles. The molecule has 35 heavy (non-hydrogen) atoms. The van der Waals surface area contributed by atoms with Gasteiger partial charge in [0.25, 0.3) is 11.8 Å². The molecule has 196 valence electrons. The highest BCUT2D eigenvalue weighted by molar-refractivity contribution is 6.12. The fourth-order valence-electron chi connectivity index (χ4n) is 3.36. The summed E-state index contributed by atoms with van der Waals surface area (Å²) in [5.41, 5.74) is 6.39. The predicted molar refractivity (Wildman–Crippen MR) is 134 cm³/mol. The van der Waals surface area contributed by atoms with Gasteiger partial charge in [0.05, 0.1) is 11.7 Å². The molecule has 1 unspecified atom stereocenters. The third kappa shape index (κ3) is 11.4. The van der Waals surface area contributed by atoms with Crippen molar-refractivity contribution in [2.45, 2.75) is 92.2 Å². The van der Waals surface area contributed by atoms with Crippen molar-refractivity contribution in [3.05, 3.63) is 24.0 Å². The Hall–Kier alpha value is -2.88. The lowest BCUT2D eigenvalue weighted by Crippen LogP contribution is -2.38. The number of nitrogens with zero attached hydrogens (tertiary/aromatic N) is 4. The van der Waals surface area contributed by atoms with Crippen LogP contribution in [0.1, 0.15) is 78.8 Å². The summed E-state index contributed by atoms with van der Waals surface area (Å²) in [7, 11) is 0. The number of hydrogen-bond donors (Lipinski definition) is 2. The van der Waals surface area contributed by atoms with Crippen molar-refractivity contribution in [1.82, 2.24) is 25.2 Å². The second kappa shape index (κ2) is 15.2. The number of unbranched alkanes of at least 4 members (excludes halogenated alkanes) is 1. The third-order valence-corrected chi connectivity index (χ3v) is 5.21. The van der Waals surface area contributed by atoms with Gasteiger partial charge in [0.2, 0.25) is 5.91 Å². The highest BCUT2D eigenvalue weighted by Gasteiger charge is 2.26. The summed E-state index contributed by atoms with van der Waals surface area (Å²) in [6.07, 6.45) is 9.49. The van der Waals surface area contributed by atoms with Crippen LogP contribution in [-0.2, 0) is 32.1 Å². The standard InChI is InChI=1S/C22H34N6O4.C3H8/c1-22(2,3)21(32)17(23)8-4-5-13-27-15-16(25-26-27)7-6-9-18(29)24-12-14-28-19(30)10-11-20(28)31;1-3-2/h10-11,15,17H,4-9,12-14,23H2,1-3H3,(H,24,29);3H2,1-2H3. The van der Waals surface area contributed by atoms with Gasteiger partial charge < -0.3 is 11.1 Å². The lowest BCUT2D eigenvalue weighted by atomic mass is 9.85. The van der Waals surface area contributed by atoms with Crippen LogP contribution in [0.15, 0.2) is 18.3 Å². The number of rotatable bonds is 13. The molecule has 2 heterocycles. The maximum Gasteiger partial charge on any atom is 0.253 e. The van der Waals surface area contributed by atoms with Crippen LogP contribution in [0.5, 0.6) is 0 Å². The number of amides is 3. The zero-order valence-corrected chi connectivity index (χ0v) is 21.9. The molecule has 10 heteroatoms. The quantitative estimate of drug-likeness (QED) is 0.319. The normalized spacial score (nSPS) is 14.1. The molecule has 0 spiro atoms. The van der Waals surface area contributed by atoms with Crippen molar-refractivity contribution in [3.63, 3.8) is 0 Å². The van der Waals surface area contributed by atoms with Crippen molar-refractivity contribution in [2.24, 2.45) is 11.1 Å². The molecule has 0 aliphatic carbocycles. The summed E-state index contributed by atoms with van der Waals surface area (Å²) in [4.78, 5) is 48.0. The third-order valence-electron chi connectivity index (χ3n) is 5.21. The highest BCUT2D eigenvalue weighted by Crippen LogP contribution is 2.18. The Morgan fingerprint density at radius 2 is 1.69 bits per heavy atom. The molecular formula is C25H42N6O4. The molecule has 1 aromatic heterocycles. The van der Waals surface area contributed by atoms with Crippen molar-refractivity contribution < 1.29 is 19.2 Å². The number of carbonyl (C=O) groups excluding carboxylic acids is 4. The fraction of sp³-hybridized carbons (Fsp3) is 0.680. The zero-order valence-electron chi connectivity index (χ0n) is 21.9. The van der Waals surface area contributed by atoms with Crippen LogP contribution in [0.2, 0.25) is 0 Å². The molecule has 2 rings (SSSR count). The van der Waals surface area contributed by atoms with E-state index in [-0.39, 0.29) is 36.6 Å². The summed E-state index contributed by atoms with van der Waals surface area (Å²) in [5, 5.41) is 11.0. The Morgan fingerprint density at radius 1 is 1.06 bits per heavy atom. The van der Waals surface area contributed by atoms with Gasteiger partial charge in [-0.2, -0.15) is 0 Å². The smallest absolute Gasteiger partial charge is 0.253 e. The van der Waals surface area contributed by atoms with Crippen molar-refractivity contribution in [3.8, 4) is 0 Å². The molecule has 0 bridgehead atoms. The van der Waals surface area contributed by atoms with Crippen molar-refractivity contribution >= 4 is 23.5 Å². The van der Waals surface area contributed by atoms with Crippen molar-refractivity contribution in [2.75, 3.05) is 13.1 Å². The van der Waals surface area contributed by atoms with Gasteiger partial charge in [0.15, 0.2) is 5.78 Å². The van der Waals surface area contributed by atoms with Crippen LogP contribution < -0.4 is 11.1 Å². The van der Waals surface area contributed by atoms with Crippen LogP contribution >= 0.6 is 0 Å². The molecule has 1 aromatic rings. The van der Waals surface area contributed by atoms with E-state index in [9.17, 15) is 19.2 Å². The molecule has 3 amide bonds. The monoisotopic (exact) mass is 490 g/mol. The number of aromatic nitrogens is 3. The molecule has 10 nitrogen and oxygen atoms in total. The Morgan fingerprint density at radius 3 is 2.29 bits per heavy atom.